The molecule has 0 aromatic carbocycles. The number of rotatable bonds is 5. The van der Waals surface area contributed by atoms with Crippen molar-refractivity contribution in [3.8, 4) is 0 Å². The van der Waals surface area contributed by atoms with Crippen molar-refractivity contribution in [2.75, 3.05) is 33.4 Å². The Hall–Kier alpha value is -0.320. The molecule has 0 aromatic rings. The number of hydrogen-bond donors (Lipinski definition) is 1. The van der Waals surface area contributed by atoms with Crippen molar-refractivity contribution in [3.05, 3.63) is 0 Å². The van der Waals surface area contributed by atoms with Crippen molar-refractivity contribution in [1.29, 1.82) is 0 Å². The van der Waals surface area contributed by atoms with Gasteiger partial charge in [0.25, 0.3) is 0 Å². The smallest absolute Gasteiger partial charge is 0.322 e. The topological polar surface area (TPSA) is 49.8 Å². The van der Waals surface area contributed by atoms with E-state index in [9.17, 15) is 4.79 Å². The summed E-state index contributed by atoms with van der Waals surface area (Å²) in [6.45, 7) is 3.09. The Labute approximate surface area is 95.2 Å². The molecule has 1 aliphatic heterocycles. The van der Waals surface area contributed by atoms with E-state index < -0.39 is 11.3 Å². The minimum atomic E-state index is -0.935. The molecule has 4 nitrogen and oxygen atoms in total. The zero-order valence-corrected chi connectivity index (χ0v) is 9.74. The normalized spacial score (nSPS) is 21.5. The fraction of sp³-hybridized carbons (Fsp3) is 0.900. The van der Waals surface area contributed by atoms with Crippen LogP contribution in [-0.2, 0) is 9.53 Å². The molecule has 0 saturated carbocycles. The number of methoxy groups -OCH3 is 1. The Kier molecular flexibility index (Phi) is 5.36. The van der Waals surface area contributed by atoms with Crippen molar-refractivity contribution < 1.29 is 14.6 Å². The number of piperidine rings is 1. The van der Waals surface area contributed by atoms with Crippen molar-refractivity contribution in [2.24, 2.45) is 5.92 Å². The average Bonchev–Trinajstić information content (AvgIpc) is 2.21. The van der Waals surface area contributed by atoms with Crippen LogP contribution in [0.4, 0.5) is 0 Å². The maximum Gasteiger partial charge on any atom is 0.322 e. The van der Waals surface area contributed by atoms with Gasteiger partial charge in [0.05, 0.1) is 0 Å². The molecule has 1 N–H and O–H groups in total. The number of ether oxygens (including phenoxy) is 1. The van der Waals surface area contributed by atoms with Gasteiger partial charge in [-0.1, -0.05) is 0 Å². The predicted octanol–water partition coefficient (Wildman–Crippen LogP) is 1.04. The van der Waals surface area contributed by atoms with Crippen LogP contribution in [0, 0.1) is 5.92 Å². The number of carboxylic acid groups (broad SMARTS) is 1. The number of nitrogens with zero attached hydrogens (tertiary/aromatic N) is 1. The Morgan fingerprint density at radius 3 is 2.67 bits per heavy atom. The zero-order valence-electron chi connectivity index (χ0n) is 8.99. The van der Waals surface area contributed by atoms with Crippen LogP contribution in [0.1, 0.15) is 12.8 Å². The van der Waals surface area contributed by atoms with Crippen LogP contribution < -0.4 is 0 Å². The monoisotopic (exact) mass is 235 g/mol. The minimum absolute atomic E-state index is 0.441. The Morgan fingerprint density at radius 2 is 2.20 bits per heavy atom. The second-order valence-electron chi connectivity index (χ2n) is 4.01. The highest BCUT2D eigenvalue weighted by Crippen LogP contribution is 2.18. The lowest BCUT2D eigenvalue weighted by atomic mass is 9.98. The highest BCUT2D eigenvalue weighted by Gasteiger charge is 2.23. The molecule has 1 fully saturated rings. The van der Waals surface area contributed by atoms with E-state index in [-0.39, 0.29) is 0 Å². The van der Waals surface area contributed by atoms with Crippen molar-refractivity contribution in [1.82, 2.24) is 4.90 Å². The maximum absolute atomic E-state index is 10.6. The number of hydrogen-bond acceptors (Lipinski definition) is 3. The third kappa shape index (κ3) is 4.36. The number of carbonyl (C=O) groups is 1. The molecule has 0 radical (unpaired) electrons. The first-order valence-electron chi connectivity index (χ1n) is 5.21. The molecule has 1 atom stereocenters. The van der Waals surface area contributed by atoms with Gasteiger partial charge >= 0.3 is 5.97 Å². The molecule has 0 spiro atoms. The first-order valence-corrected chi connectivity index (χ1v) is 5.65. The van der Waals surface area contributed by atoms with Gasteiger partial charge in [0, 0.05) is 20.3 Å². The van der Waals surface area contributed by atoms with Gasteiger partial charge in [-0.2, -0.15) is 0 Å². The molecule has 1 unspecified atom stereocenters. The summed E-state index contributed by atoms with van der Waals surface area (Å²) in [4.78, 5) is 12.7. The van der Waals surface area contributed by atoms with Gasteiger partial charge in [0.1, 0.15) is 5.38 Å². The Bertz CT molecular complexity index is 205. The fourth-order valence-corrected chi connectivity index (χ4v) is 2.07. The predicted molar refractivity (Wildman–Crippen MR) is 58.3 cm³/mol. The van der Waals surface area contributed by atoms with Gasteiger partial charge < -0.3 is 14.7 Å². The minimum Gasteiger partial charge on any atom is -0.480 e. The number of halogens is 1. The first-order chi connectivity index (χ1) is 7.13. The standard InChI is InChI=1S/C10H18ClNO3/c1-15-7-8-2-4-12(5-3-8)6-9(11)10(13)14/h8-9H,2-7H2,1H3,(H,13,14). The molecule has 0 aliphatic carbocycles. The number of alkyl halides is 1. The van der Waals surface area contributed by atoms with E-state index in [1.807, 2.05) is 0 Å². The molecule has 88 valence electrons. The van der Waals surface area contributed by atoms with E-state index in [2.05, 4.69) is 4.90 Å². The third-order valence-corrected chi connectivity index (χ3v) is 3.12. The van der Waals surface area contributed by atoms with Gasteiger partial charge in [-0.05, 0) is 31.8 Å². The molecule has 15 heavy (non-hydrogen) atoms. The van der Waals surface area contributed by atoms with Crippen LogP contribution in [0.25, 0.3) is 0 Å². The van der Waals surface area contributed by atoms with E-state index in [1.165, 1.54) is 0 Å². The molecular formula is C10H18ClNO3. The van der Waals surface area contributed by atoms with E-state index in [0.29, 0.717) is 12.5 Å². The van der Waals surface area contributed by atoms with Gasteiger partial charge in [-0.15, -0.1) is 11.6 Å². The van der Waals surface area contributed by atoms with Crippen molar-refractivity contribution >= 4 is 17.6 Å². The SMILES string of the molecule is COCC1CCN(CC(Cl)C(=O)O)CC1. The largest absolute Gasteiger partial charge is 0.480 e. The summed E-state index contributed by atoms with van der Waals surface area (Å²) in [7, 11) is 1.71. The summed E-state index contributed by atoms with van der Waals surface area (Å²) in [5.41, 5.74) is 0. The quantitative estimate of drug-likeness (QED) is 0.724. The summed E-state index contributed by atoms with van der Waals surface area (Å²) in [5.74, 6) is -0.319. The molecular weight excluding hydrogens is 218 g/mol. The summed E-state index contributed by atoms with van der Waals surface area (Å²) in [6.07, 6.45) is 2.13. The van der Waals surface area contributed by atoms with Crippen molar-refractivity contribution in [3.63, 3.8) is 0 Å². The van der Waals surface area contributed by atoms with Crippen molar-refractivity contribution in [2.45, 2.75) is 18.2 Å². The Morgan fingerprint density at radius 1 is 1.60 bits per heavy atom. The van der Waals surface area contributed by atoms with Crippen LogP contribution in [0.5, 0.6) is 0 Å². The lowest BCUT2D eigenvalue weighted by molar-refractivity contribution is -0.137. The Balaban J connectivity index is 2.22. The van der Waals surface area contributed by atoms with Gasteiger partial charge in [0.2, 0.25) is 0 Å². The summed E-state index contributed by atoms with van der Waals surface area (Å²) in [6, 6.07) is 0. The fourth-order valence-electron chi connectivity index (χ4n) is 1.88. The van der Waals surface area contributed by atoms with Crippen LogP contribution in [0.3, 0.4) is 0 Å². The first kappa shape index (κ1) is 12.7. The van der Waals surface area contributed by atoms with Crippen LogP contribution in [-0.4, -0.2) is 54.7 Å². The summed E-state index contributed by atoms with van der Waals surface area (Å²) >= 11 is 5.68. The second kappa shape index (κ2) is 6.30. The summed E-state index contributed by atoms with van der Waals surface area (Å²) in [5, 5.41) is 7.88. The van der Waals surface area contributed by atoms with Crippen LogP contribution in [0.15, 0.2) is 0 Å². The molecule has 1 heterocycles. The number of likely N-dealkylation sites (tertiary alicyclic amines) is 1. The van der Waals surface area contributed by atoms with E-state index in [0.717, 1.165) is 32.5 Å². The molecule has 1 aliphatic rings. The molecule has 0 bridgehead atoms. The highest BCUT2D eigenvalue weighted by molar-refractivity contribution is 6.29. The number of carboxylic acids is 1. The molecule has 0 aromatic heterocycles. The molecule has 5 heteroatoms. The average molecular weight is 236 g/mol. The van der Waals surface area contributed by atoms with E-state index >= 15 is 0 Å². The van der Waals surface area contributed by atoms with Crippen LogP contribution >= 0.6 is 11.6 Å². The van der Waals surface area contributed by atoms with Crippen LogP contribution in [0.2, 0.25) is 0 Å². The van der Waals surface area contributed by atoms with Gasteiger partial charge in [-0.3, -0.25) is 4.79 Å². The summed E-state index contributed by atoms with van der Waals surface area (Å²) < 4.78 is 5.10. The van der Waals surface area contributed by atoms with E-state index in [4.69, 9.17) is 21.4 Å². The lowest BCUT2D eigenvalue weighted by Crippen LogP contribution is -2.40. The van der Waals surface area contributed by atoms with Gasteiger partial charge in [0.15, 0.2) is 0 Å². The molecule has 1 rings (SSSR count). The third-order valence-electron chi connectivity index (χ3n) is 2.80. The number of aliphatic carboxylic acids is 1. The highest BCUT2D eigenvalue weighted by atomic mass is 35.5. The van der Waals surface area contributed by atoms with Gasteiger partial charge in [-0.25, -0.2) is 0 Å². The zero-order chi connectivity index (χ0) is 11.3. The lowest BCUT2D eigenvalue weighted by Gasteiger charge is -2.31. The van der Waals surface area contributed by atoms with E-state index in [1.54, 1.807) is 7.11 Å². The second-order valence-corrected chi connectivity index (χ2v) is 4.53. The molecule has 0 amide bonds. The molecule has 1 saturated heterocycles. The maximum atomic E-state index is 10.6.